The number of amides is 1. The average molecular weight is 287 g/mol. The second kappa shape index (κ2) is 6.26. The molecule has 1 atom stereocenters. The van der Waals surface area contributed by atoms with Gasteiger partial charge in [-0.2, -0.15) is 13.2 Å². The van der Waals surface area contributed by atoms with Gasteiger partial charge < -0.3 is 10.1 Å². The number of rotatable bonds is 4. The van der Waals surface area contributed by atoms with Crippen molar-refractivity contribution in [3.05, 3.63) is 35.4 Å². The number of hydrogen-bond donors (Lipinski definition) is 1. The molecule has 0 unspecified atom stereocenters. The Balaban J connectivity index is 1.89. The van der Waals surface area contributed by atoms with Crippen LogP contribution in [0.2, 0.25) is 0 Å². The lowest BCUT2D eigenvalue weighted by Crippen LogP contribution is -2.32. The summed E-state index contributed by atoms with van der Waals surface area (Å²) in [5.41, 5.74) is -0.443. The molecule has 3 nitrogen and oxygen atoms in total. The zero-order valence-corrected chi connectivity index (χ0v) is 10.9. The van der Waals surface area contributed by atoms with Gasteiger partial charge in [0.05, 0.1) is 18.1 Å². The lowest BCUT2D eigenvalue weighted by atomic mass is 10.0. The Labute approximate surface area is 115 Å². The summed E-state index contributed by atoms with van der Waals surface area (Å²) in [4.78, 5) is 11.7. The predicted octanol–water partition coefficient (Wildman–Crippen LogP) is 2.40. The quantitative estimate of drug-likeness (QED) is 0.923. The molecule has 1 amide bonds. The number of carbonyl (C=O) groups excluding carboxylic acids is 1. The molecular formula is C14H16F3NO2. The fourth-order valence-corrected chi connectivity index (χ4v) is 2.22. The summed E-state index contributed by atoms with van der Waals surface area (Å²) in [5.74, 6) is -0.320. The summed E-state index contributed by atoms with van der Waals surface area (Å²) in [6.07, 6.45) is -3.53. The number of ether oxygens (including phenoxy) is 1. The van der Waals surface area contributed by atoms with Gasteiger partial charge in [-0.15, -0.1) is 0 Å². The van der Waals surface area contributed by atoms with Crippen LogP contribution in [0.5, 0.6) is 0 Å². The molecule has 0 radical (unpaired) electrons. The fourth-order valence-electron chi connectivity index (χ4n) is 2.22. The standard InChI is InChI=1S/C14H16F3NO2/c15-14(16,17)12-4-2-1-3-10(12)5-7-18-13(19)11-6-8-20-9-11/h1-4,11H,5-9H2,(H,18,19)/t11-/m0/s1. The summed E-state index contributed by atoms with van der Waals surface area (Å²) in [6.45, 7) is 1.16. The molecule has 0 spiro atoms. The van der Waals surface area contributed by atoms with Crippen molar-refractivity contribution in [2.75, 3.05) is 19.8 Å². The number of halogens is 3. The normalized spacial score (nSPS) is 19.1. The van der Waals surface area contributed by atoms with E-state index in [0.29, 0.717) is 19.6 Å². The molecule has 0 aromatic heterocycles. The molecule has 20 heavy (non-hydrogen) atoms. The Kier molecular flexibility index (Phi) is 4.65. The Morgan fingerprint density at radius 2 is 2.10 bits per heavy atom. The van der Waals surface area contributed by atoms with Gasteiger partial charge in [-0.25, -0.2) is 0 Å². The summed E-state index contributed by atoms with van der Waals surface area (Å²) < 4.78 is 43.4. The smallest absolute Gasteiger partial charge is 0.381 e. The van der Waals surface area contributed by atoms with Crippen LogP contribution in [0.4, 0.5) is 13.2 Å². The lowest BCUT2D eigenvalue weighted by molar-refractivity contribution is -0.138. The van der Waals surface area contributed by atoms with Crippen molar-refractivity contribution in [1.29, 1.82) is 0 Å². The molecular weight excluding hydrogens is 271 g/mol. The molecule has 1 aliphatic heterocycles. The van der Waals surface area contributed by atoms with Crippen LogP contribution in [-0.2, 0) is 22.1 Å². The topological polar surface area (TPSA) is 38.3 Å². The summed E-state index contributed by atoms with van der Waals surface area (Å²) >= 11 is 0. The molecule has 1 aromatic carbocycles. The van der Waals surface area contributed by atoms with Gasteiger partial charge >= 0.3 is 6.18 Å². The van der Waals surface area contributed by atoms with Crippen molar-refractivity contribution in [1.82, 2.24) is 5.32 Å². The van der Waals surface area contributed by atoms with Gasteiger partial charge in [0.15, 0.2) is 0 Å². The van der Waals surface area contributed by atoms with E-state index in [4.69, 9.17) is 4.74 Å². The number of carbonyl (C=O) groups is 1. The Morgan fingerprint density at radius 1 is 1.35 bits per heavy atom. The van der Waals surface area contributed by atoms with Crippen molar-refractivity contribution in [2.24, 2.45) is 5.92 Å². The third kappa shape index (κ3) is 3.72. The van der Waals surface area contributed by atoms with Crippen LogP contribution in [0.3, 0.4) is 0 Å². The zero-order chi connectivity index (χ0) is 14.6. The fraction of sp³-hybridized carbons (Fsp3) is 0.500. The highest BCUT2D eigenvalue weighted by atomic mass is 19.4. The lowest BCUT2D eigenvalue weighted by Gasteiger charge is -2.13. The number of hydrogen-bond acceptors (Lipinski definition) is 2. The van der Waals surface area contributed by atoms with E-state index in [9.17, 15) is 18.0 Å². The zero-order valence-electron chi connectivity index (χ0n) is 10.9. The van der Waals surface area contributed by atoms with Gasteiger partial charge in [-0.05, 0) is 24.5 Å². The van der Waals surface area contributed by atoms with Crippen LogP contribution in [0, 0.1) is 5.92 Å². The van der Waals surface area contributed by atoms with Crippen molar-refractivity contribution < 1.29 is 22.7 Å². The number of alkyl halides is 3. The van der Waals surface area contributed by atoms with E-state index >= 15 is 0 Å². The first-order valence-corrected chi connectivity index (χ1v) is 6.49. The third-order valence-electron chi connectivity index (χ3n) is 3.32. The molecule has 1 aliphatic rings. The predicted molar refractivity (Wildman–Crippen MR) is 67.1 cm³/mol. The number of nitrogens with one attached hydrogen (secondary N) is 1. The Hall–Kier alpha value is -1.56. The monoisotopic (exact) mass is 287 g/mol. The molecule has 1 N–H and O–H groups in total. The van der Waals surface area contributed by atoms with Gasteiger partial charge in [-0.1, -0.05) is 18.2 Å². The maximum absolute atomic E-state index is 12.8. The van der Waals surface area contributed by atoms with Crippen molar-refractivity contribution in [3.63, 3.8) is 0 Å². The summed E-state index contributed by atoms with van der Waals surface area (Å²) in [6, 6.07) is 5.42. The van der Waals surface area contributed by atoms with Gasteiger partial charge in [-0.3, -0.25) is 4.79 Å². The van der Waals surface area contributed by atoms with Gasteiger partial charge in [0.1, 0.15) is 0 Å². The minimum absolute atomic E-state index is 0.146. The van der Waals surface area contributed by atoms with Crippen molar-refractivity contribution in [3.8, 4) is 0 Å². The Bertz CT molecular complexity index is 468. The molecule has 1 aromatic rings. The van der Waals surface area contributed by atoms with Crippen molar-refractivity contribution in [2.45, 2.75) is 19.0 Å². The van der Waals surface area contributed by atoms with E-state index in [0.717, 1.165) is 6.07 Å². The first-order valence-electron chi connectivity index (χ1n) is 6.49. The highest BCUT2D eigenvalue weighted by molar-refractivity contribution is 5.78. The van der Waals surface area contributed by atoms with E-state index in [-0.39, 0.29) is 30.4 Å². The minimum Gasteiger partial charge on any atom is -0.381 e. The third-order valence-corrected chi connectivity index (χ3v) is 3.32. The van der Waals surface area contributed by atoms with Crippen LogP contribution >= 0.6 is 0 Å². The molecule has 110 valence electrons. The van der Waals surface area contributed by atoms with E-state index in [1.807, 2.05) is 0 Å². The van der Waals surface area contributed by atoms with Gasteiger partial charge in [0, 0.05) is 13.2 Å². The second-order valence-electron chi connectivity index (χ2n) is 4.76. The highest BCUT2D eigenvalue weighted by Crippen LogP contribution is 2.31. The van der Waals surface area contributed by atoms with Gasteiger partial charge in [0.25, 0.3) is 0 Å². The maximum Gasteiger partial charge on any atom is 0.416 e. The minimum atomic E-state index is -4.36. The largest absolute Gasteiger partial charge is 0.416 e. The molecule has 2 rings (SSSR count). The first kappa shape index (κ1) is 14.8. The molecule has 0 saturated carbocycles. The van der Waals surface area contributed by atoms with E-state index in [1.54, 1.807) is 6.07 Å². The summed E-state index contributed by atoms with van der Waals surface area (Å²) in [5, 5.41) is 2.67. The first-order chi connectivity index (χ1) is 9.48. The molecule has 1 saturated heterocycles. The van der Waals surface area contributed by atoms with Crippen molar-refractivity contribution >= 4 is 5.91 Å². The SMILES string of the molecule is O=C(NCCc1ccccc1C(F)(F)F)[C@H]1CCOC1. The van der Waals surface area contributed by atoms with Crippen LogP contribution in [-0.4, -0.2) is 25.7 Å². The van der Waals surface area contributed by atoms with Crippen LogP contribution in [0.25, 0.3) is 0 Å². The molecule has 0 bridgehead atoms. The van der Waals surface area contributed by atoms with E-state index < -0.39 is 11.7 Å². The maximum atomic E-state index is 12.8. The summed E-state index contributed by atoms with van der Waals surface area (Å²) in [7, 11) is 0. The van der Waals surface area contributed by atoms with Crippen LogP contribution < -0.4 is 5.32 Å². The Morgan fingerprint density at radius 3 is 2.75 bits per heavy atom. The molecule has 0 aliphatic carbocycles. The van der Waals surface area contributed by atoms with Crippen LogP contribution in [0.15, 0.2) is 24.3 Å². The van der Waals surface area contributed by atoms with Gasteiger partial charge in [0.2, 0.25) is 5.91 Å². The molecule has 1 fully saturated rings. The number of benzene rings is 1. The van der Waals surface area contributed by atoms with Crippen LogP contribution in [0.1, 0.15) is 17.5 Å². The molecule has 1 heterocycles. The average Bonchev–Trinajstić information content (AvgIpc) is 2.92. The van der Waals surface area contributed by atoms with E-state index in [2.05, 4.69) is 5.32 Å². The highest BCUT2D eigenvalue weighted by Gasteiger charge is 2.32. The second-order valence-corrected chi connectivity index (χ2v) is 4.76. The molecule has 6 heteroatoms. The van der Waals surface area contributed by atoms with E-state index in [1.165, 1.54) is 12.1 Å².